The van der Waals surface area contributed by atoms with Crippen LogP contribution in [0.3, 0.4) is 0 Å². The molecule has 0 fully saturated rings. The lowest BCUT2D eigenvalue weighted by molar-refractivity contribution is -0.138. The van der Waals surface area contributed by atoms with Crippen LogP contribution in [-0.4, -0.2) is 48.0 Å². The monoisotopic (exact) mass is 403 g/mol. The van der Waals surface area contributed by atoms with E-state index in [9.17, 15) is 19.1 Å². The number of fused-ring (bicyclic) bond motifs is 3. The lowest BCUT2D eigenvalue weighted by atomic mass is 9.98. The summed E-state index contributed by atoms with van der Waals surface area (Å²) in [4.78, 5) is 23.5. The maximum Gasteiger partial charge on any atom is 0.407 e. The van der Waals surface area contributed by atoms with Crippen LogP contribution < -0.4 is 5.32 Å². The van der Waals surface area contributed by atoms with E-state index in [1.165, 1.54) is 11.8 Å². The minimum absolute atomic E-state index is 0.0830. The van der Waals surface area contributed by atoms with E-state index >= 15 is 0 Å². The van der Waals surface area contributed by atoms with Crippen molar-refractivity contribution < 1.29 is 23.8 Å². The number of thioether (sulfide) groups is 1. The molecule has 2 N–H and O–H groups in total. The van der Waals surface area contributed by atoms with E-state index in [4.69, 9.17) is 4.74 Å². The zero-order chi connectivity index (χ0) is 19.9. The van der Waals surface area contributed by atoms with Crippen molar-refractivity contribution in [2.24, 2.45) is 0 Å². The van der Waals surface area contributed by atoms with Crippen molar-refractivity contribution in [2.75, 3.05) is 24.8 Å². The summed E-state index contributed by atoms with van der Waals surface area (Å²) < 4.78 is 17.5. The van der Waals surface area contributed by atoms with E-state index in [-0.39, 0.29) is 18.3 Å². The number of hydrogen-bond acceptors (Lipinski definition) is 4. The molecule has 1 atom stereocenters. The number of carbonyl (C=O) groups excluding carboxylic acids is 1. The third-order valence-electron chi connectivity index (χ3n) is 4.64. The molecule has 0 saturated carbocycles. The third kappa shape index (κ3) is 4.65. The highest BCUT2D eigenvalue weighted by molar-refractivity contribution is 7.99. The molecule has 1 aliphatic carbocycles. The average molecular weight is 403 g/mol. The van der Waals surface area contributed by atoms with E-state index in [0.29, 0.717) is 12.2 Å². The van der Waals surface area contributed by atoms with Crippen LogP contribution in [0.25, 0.3) is 11.1 Å². The van der Waals surface area contributed by atoms with E-state index < -0.39 is 24.8 Å². The fourth-order valence-electron chi connectivity index (χ4n) is 3.31. The van der Waals surface area contributed by atoms with Crippen LogP contribution in [0.4, 0.5) is 9.18 Å². The quantitative estimate of drug-likeness (QED) is 0.618. The zero-order valence-corrected chi connectivity index (χ0v) is 16.1. The number of carbonyl (C=O) groups is 2. The molecule has 1 unspecified atom stereocenters. The highest BCUT2D eigenvalue weighted by atomic mass is 32.2. The fraction of sp³-hybridized carbons (Fsp3) is 0.333. The molecule has 0 saturated heterocycles. The van der Waals surface area contributed by atoms with Gasteiger partial charge in [0, 0.05) is 11.7 Å². The molecular formula is C21H22FNO4S. The third-order valence-corrected chi connectivity index (χ3v) is 5.79. The van der Waals surface area contributed by atoms with E-state index in [2.05, 4.69) is 5.32 Å². The Morgan fingerprint density at radius 2 is 1.71 bits per heavy atom. The number of nitrogens with one attached hydrogen (secondary N) is 1. The molecule has 0 spiro atoms. The van der Waals surface area contributed by atoms with Gasteiger partial charge in [0.2, 0.25) is 0 Å². The molecule has 2 aromatic carbocycles. The normalized spacial score (nSPS) is 13.5. The van der Waals surface area contributed by atoms with Gasteiger partial charge >= 0.3 is 12.1 Å². The first-order valence-corrected chi connectivity index (χ1v) is 10.2. The molecule has 28 heavy (non-hydrogen) atoms. The van der Waals surface area contributed by atoms with Crippen LogP contribution in [0.5, 0.6) is 0 Å². The van der Waals surface area contributed by atoms with Crippen molar-refractivity contribution in [1.29, 1.82) is 0 Å². The van der Waals surface area contributed by atoms with Crippen LogP contribution in [-0.2, 0) is 9.53 Å². The summed E-state index contributed by atoms with van der Waals surface area (Å²) in [5, 5.41) is 11.7. The van der Waals surface area contributed by atoms with Crippen molar-refractivity contribution in [3.8, 4) is 11.1 Å². The Morgan fingerprint density at radius 3 is 2.29 bits per heavy atom. The van der Waals surface area contributed by atoms with Gasteiger partial charge in [0.1, 0.15) is 12.6 Å². The molecule has 0 heterocycles. The van der Waals surface area contributed by atoms with Crippen LogP contribution in [0.1, 0.15) is 23.5 Å². The minimum Gasteiger partial charge on any atom is -0.480 e. The molecular weight excluding hydrogens is 381 g/mol. The molecule has 3 rings (SSSR count). The molecule has 1 aliphatic rings. The van der Waals surface area contributed by atoms with Gasteiger partial charge in [-0.1, -0.05) is 48.5 Å². The fourth-order valence-corrected chi connectivity index (χ4v) is 4.26. The number of halogens is 1. The smallest absolute Gasteiger partial charge is 0.407 e. The molecule has 0 aliphatic heterocycles. The number of rotatable bonds is 9. The molecule has 7 heteroatoms. The SMILES string of the molecule is O=C(NC(CSCCCF)C(=O)O)OCC1c2ccccc2-c2ccccc21. The Bertz CT molecular complexity index is 799. The van der Waals surface area contributed by atoms with Crippen LogP contribution in [0.15, 0.2) is 48.5 Å². The number of amides is 1. The number of hydrogen-bond donors (Lipinski definition) is 2. The molecule has 0 bridgehead atoms. The summed E-state index contributed by atoms with van der Waals surface area (Å²) in [5.41, 5.74) is 4.43. The van der Waals surface area contributed by atoms with Crippen molar-refractivity contribution in [3.05, 3.63) is 59.7 Å². The van der Waals surface area contributed by atoms with Crippen molar-refractivity contribution >= 4 is 23.8 Å². The van der Waals surface area contributed by atoms with Gasteiger partial charge in [0.25, 0.3) is 0 Å². The average Bonchev–Trinajstić information content (AvgIpc) is 3.02. The second-order valence-corrected chi connectivity index (χ2v) is 7.63. The summed E-state index contributed by atoms with van der Waals surface area (Å²) in [5.74, 6) is -0.548. The highest BCUT2D eigenvalue weighted by Gasteiger charge is 2.29. The second-order valence-electron chi connectivity index (χ2n) is 6.48. The molecule has 1 amide bonds. The highest BCUT2D eigenvalue weighted by Crippen LogP contribution is 2.44. The molecule has 5 nitrogen and oxygen atoms in total. The predicted molar refractivity (Wildman–Crippen MR) is 108 cm³/mol. The van der Waals surface area contributed by atoms with E-state index in [0.717, 1.165) is 22.3 Å². The van der Waals surface area contributed by atoms with Crippen LogP contribution >= 0.6 is 11.8 Å². The topological polar surface area (TPSA) is 75.6 Å². The lowest BCUT2D eigenvalue weighted by Crippen LogP contribution is -2.43. The number of benzene rings is 2. The summed E-state index contributed by atoms with van der Waals surface area (Å²) in [6.07, 6.45) is -0.401. The molecule has 148 valence electrons. The number of carboxylic acid groups (broad SMARTS) is 1. The number of alkyl carbamates (subject to hydrolysis) is 1. The Hall–Kier alpha value is -2.54. The minimum atomic E-state index is -1.14. The number of alkyl halides is 1. The largest absolute Gasteiger partial charge is 0.480 e. The standard InChI is InChI=1S/C21H22FNO4S/c22-10-5-11-28-13-19(20(24)25)23-21(26)27-12-18-16-8-3-1-6-14(16)15-7-2-4-9-17(15)18/h1-4,6-9,18-19H,5,10-13H2,(H,23,26)(H,24,25). The van der Waals surface area contributed by atoms with E-state index in [1.807, 2.05) is 48.5 Å². The first-order chi connectivity index (χ1) is 13.6. The zero-order valence-electron chi connectivity index (χ0n) is 15.3. The first-order valence-electron chi connectivity index (χ1n) is 9.10. The molecule has 2 aromatic rings. The van der Waals surface area contributed by atoms with Gasteiger partial charge in [0.15, 0.2) is 0 Å². The summed E-state index contributed by atoms with van der Waals surface area (Å²) in [7, 11) is 0. The summed E-state index contributed by atoms with van der Waals surface area (Å²) >= 11 is 1.29. The second kappa shape index (κ2) is 9.59. The van der Waals surface area contributed by atoms with Gasteiger partial charge in [0.05, 0.1) is 6.67 Å². The van der Waals surface area contributed by atoms with Crippen molar-refractivity contribution in [1.82, 2.24) is 5.32 Å². The Morgan fingerprint density at radius 1 is 1.11 bits per heavy atom. The molecule has 0 aromatic heterocycles. The summed E-state index contributed by atoms with van der Waals surface area (Å²) in [6, 6.07) is 14.9. The Labute approximate surface area is 167 Å². The van der Waals surface area contributed by atoms with Crippen molar-refractivity contribution in [3.63, 3.8) is 0 Å². The van der Waals surface area contributed by atoms with Gasteiger partial charge in [-0.15, -0.1) is 0 Å². The maximum absolute atomic E-state index is 12.2. The predicted octanol–water partition coefficient (Wildman–Crippen LogP) is 4.07. The number of carboxylic acids is 1. The first kappa shape index (κ1) is 20.2. The van der Waals surface area contributed by atoms with Crippen molar-refractivity contribution in [2.45, 2.75) is 18.4 Å². The number of aliphatic carboxylic acids is 1. The van der Waals surface area contributed by atoms with Crippen LogP contribution in [0, 0.1) is 0 Å². The van der Waals surface area contributed by atoms with Gasteiger partial charge in [-0.05, 0) is 34.4 Å². The Balaban J connectivity index is 1.60. The van der Waals surface area contributed by atoms with Gasteiger partial charge in [-0.2, -0.15) is 11.8 Å². The Kier molecular flexibility index (Phi) is 6.92. The summed E-state index contributed by atoms with van der Waals surface area (Å²) in [6.45, 7) is -0.314. The van der Waals surface area contributed by atoms with Crippen LogP contribution in [0.2, 0.25) is 0 Å². The maximum atomic E-state index is 12.2. The lowest BCUT2D eigenvalue weighted by Gasteiger charge is -2.17. The van der Waals surface area contributed by atoms with Gasteiger partial charge in [-0.3, -0.25) is 4.39 Å². The van der Waals surface area contributed by atoms with E-state index in [1.54, 1.807) is 0 Å². The molecule has 0 radical (unpaired) electrons. The van der Waals surface area contributed by atoms with Gasteiger partial charge in [-0.25, -0.2) is 9.59 Å². The van der Waals surface area contributed by atoms with Gasteiger partial charge < -0.3 is 15.2 Å². The number of ether oxygens (including phenoxy) is 1.